The van der Waals surface area contributed by atoms with Crippen LogP contribution in [0, 0.1) is 0 Å². The van der Waals surface area contributed by atoms with Crippen LogP contribution in [0.2, 0.25) is 0 Å². The number of H-pyrrole nitrogens is 1. The smallest absolute Gasteiger partial charge is 0.288 e. The first kappa shape index (κ1) is 12.9. The molecule has 2 heterocycles. The molecule has 0 spiro atoms. The number of hydrogen-bond donors (Lipinski definition) is 3. The van der Waals surface area contributed by atoms with Gasteiger partial charge in [0.2, 0.25) is 0 Å². The summed E-state index contributed by atoms with van der Waals surface area (Å²) >= 11 is 0. The number of piperidine rings is 1. The van der Waals surface area contributed by atoms with E-state index < -0.39 is 0 Å². The maximum atomic E-state index is 12.1. The fraction of sp³-hybridized carbons (Fsp3) is 0.667. The Morgan fingerprint density at radius 1 is 1.39 bits per heavy atom. The number of hydrogen-bond acceptors (Lipinski definition) is 4. The van der Waals surface area contributed by atoms with Crippen LogP contribution in [-0.4, -0.2) is 34.2 Å². The van der Waals surface area contributed by atoms with Gasteiger partial charge in [-0.2, -0.15) is 5.10 Å². The van der Waals surface area contributed by atoms with E-state index in [0.29, 0.717) is 11.4 Å². The summed E-state index contributed by atoms with van der Waals surface area (Å²) in [4.78, 5) is 12.1. The number of aromatic amines is 1. The summed E-state index contributed by atoms with van der Waals surface area (Å²) in [5.41, 5.74) is 10.4. The third-order valence-electron chi connectivity index (χ3n) is 3.24. The van der Waals surface area contributed by atoms with Gasteiger partial charge in [0.1, 0.15) is 0 Å². The number of hydrazine groups is 1. The zero-order chi connectivity index (χ0) is 13.1. The van der Waals surface area contributed by atoms with Crippen molar-refractivity contribution in [3.63, 3.8) is 0 Å². The van der Waals surface area contributed by atoms with E-state index >= 15 is 0 Å². The fourth-order valence-electron chi connectivity index (χ4n) is 2.18. The van der Waals surface area contributed by atoms with Crippen molar-refractivity contribution >= 4 is 11.6 Å². The monoisotopic (exact) mass is 251 g/mol. The molecule has 1 amide bonds. The third-order valence-corrected chi connectivity index (χ3v) is 3.24. The molecule has 0 unspecified atom stereocenters. The van der Waals surface area contributed by atoms with Gasteiger partial charge >= 0.3 is 0 Å². The molecule has 18 heavy (non-hydrogen) atoms. The molecule has 4 N–H and O–H groups in total. The van der Waals surface area contributed by atoms with Crippen molar-refractivity contribution in [1.29, 1.82) is 0 Å². The Labute approximate surface area is 107 Å². The minimum absolute atomic E-state index is 0.224. The summed E-state index contributed by atoms with van der Waals surface area (Å²) in [5.74, 6) is 0.00610. The summed E-state index contributed by atoms with van der Waals surface area (Å²) in [5, 5.41) is 8.79. The van der Waals surface area contributed by atoms with Crippen LogP contribution in [0.15, 0.2) is 0 Å². The molecule has 0 saturated carbocycles. The fourth-order valence-corrected chi connectivity index (χ4v) is 2.18. The average molecular weight is 251 g/mol. The van der Waals surface area contributed by atoms with Gasteiger partial charge in [-0.05, 0) is 18.8 Å². The quantitative estimate of drug-likeness (QED) is 0.754. The normalized spacial score (nSPS) is 17.1. The maximum Gasteiger partial charge on any atom is 0.288 e. The Hall–Kier alpha value is -1.56. The van der Waals surface area contributed by atoms with Crippen molar-refractivity contribution in [3.8, 4) is 0 Å². The Bertz CT molecular complexity index is 420. The number of nitrogens with one attached hydrogen (secondary N) is 2. The lowest BCUT2D eigenvalue weighted by Gasteiger charge is -2.26. The highest BCUT2D eigenvalue weighted by molar-refractivity contribution is 5.97. The molecule has 1 fully saturated rings. The highest BCUT2D eigenvalue weighted by atomic mass is 16.2. The van der Waals surface area contributed by atoms with Gasteiger partial charge in [-0.1, -0.05) is 20.3 Å². The van der Waals surface area contributed by atoms with E-state index in [-0.39, 0.29) is 11.8 Å². The number of nitrogens with two attached hydrogens (primary N) is 1. The number of carbonyl (C=O) groups excluding carboxylic acids is 1. The van der Waals surface area contributed by atoms with E-state index in [4.69, 9.17) is 5.73 Å². The summed E-state index contributed by atoms with van der Waals surface area (Å²) in [6.07, 6.45) is 3.47. The zero-order valence-electron chi connectivity index (χ0n) is 11.0. The van der Waals surface area contributed by atoms with Crippen LogP contribution >= 0.6 is 0 Å². The first-order valence-corrected chi connectivity index (χ1v) is 6.49. The average Bonchev–Trinajstić information content (AvgIpc) is 2.72. The second-order valence-corrected chi connectivity index (χ2v) is 5.04. The number of carbonyl (C=O) groups is 1. The molecule has 2 rings (SSSR count). The van der Waals surface area contributed by atoms with Gasteiger partial charge in [0.05, 0.1) is 11.4 Å². The van der Waals surface area contributed by atoms with Gasteiger partial charge in [0.15, 0.2) is 5.69 Å². The summed E-state index contributed by atoms with van der Waals surface area (Å²) < 4.78 is 0. The molecule has 0 aromatic carbocycles. The molecule has 0 aliphatic carbocycles. The lowest BCUT2D eigenvalue weighted by Crippen LogP contribution is -2.45. The number of anilines is 1. The molecule has 6 heteroatoms. The second-order valence-electron chi connectivity index (χ2n) is 5.04. The van der Waals surface area contributed by atoms with Crippen LogP contribution in [0.25, 0.3) is 0 Å². The molecule has 1 saturated heterocycles. The molecular weight excluding hydrogens is 230 g/mol. The zero-order valence-corrected chi connectivity index (χ0v) is 11.0. The number of amides is 1. The molecule has 1 aliphatic rings. The van der Waals surface area contributed by atoms with Crippen LogP contribution in [0.4, 0.5) is 5.69 Å². The Morgan fingerprint density at radius 2 is 2.06 bits per heavy atom. The van der Waals surface area contributed by atoms with E-state index in [2.05, 4.69) is 15.6 Å². The molecule has 1 aromatic heterocycles. The number of nitrogens with zero attached hydrogens (tertiary/aromatic N) is 2. The third kappa shape index (κ3) is 2.64. The van der Waals surface area contributed by atoms with Crippen LogP contribution in [0.1, 0.15) is 55.2 Å². The maximum absolute atomic E-state index is 12.1. The SMILES string of the molecule is CC(C)c1[nH]nc(C(=O)NN2CCCCC2)c1N. The van der Waals surface area contributed by atoms with Gasteiger partial charge in [-0.25, -0.2) is 5.01 Å². The topological polar surface area (TPSA) is 87.0 Å². The van der Waals surface area contributed by atoms with E-state index in [9.17, 15) is 4.79 Å². The molecule has 6 nitrogen and oxygen atoms in total. The van der Waals surface area contributed by atoms with Crippen molar-refractivity contribution in [3.05, 3.63) is 11.4 Å². The van der Waals surface area contributed by atoms with E-state index in [1.54, 1.807) is 0 Å². The van der Waals surface area contributed by atoms with Crippen LogP contribution < -0.4 is 11.2 Å². The summed E-state index contributed by atoms with van der Waals surface area (Å²) in [6.45, 7) is 5.81. The molecule has 100 valence electrons. The minimum atomic E-state index is -0.224. The Morgan fingerprint density at radius 3 is 2.61 bits per heavy atom. The highest BCUT2D eigenvalue weighted by Crippen LogP contribution is 2.22. The van der Waals surface area contributed by atoms with Gasteiger partial charge in [0.25, 0.3) is 5.91 Å². The molecular formula is C12H21N5O. The highest BCUT2D eigenvalue weighted by Gasteiger charge is 2.21. The Balaban J connectivity index is 2.04. The van der Waals surface area contributed by atoms with Crippen molar-refractivity contribution in [2.75, 3.05) is 18.8 Å². The Kier molecular flexibility index (Phi) is 3.86. The number of nitrogen functional groups attached to an aromatic ring is 1. The number of rotatable bonds is 3. The van der Waals surface area contributed by atoms with E-state index in [1.165, 1.54) is 6.42 Å². The van der Waals surface area contributed by atoms with Gasteiger partial charge in [-0.15, -0.1) is 0 Å². The number of aromatic nitrogens is 2. The lowest BCUT2D eigenvalue weighted by atomic mass is 10.1. The van der Waals surface area contributed by atoms with Crippen LogP contribution in [0.5, 0.6) is 0 Å². The molecule has 1 aliphatic heterocycles. The largest absolute Gasteiger partial charge is 0.395 e. The van der Waals surface area contributed by atoms with Crippen molar-refractivity contribution < 1.29 is 4.79 Å². The molecule has 0 atom stereocenters. The van der Waals surface area contributed by atoms with E-state index in [1.807, 2.05) is 18.9 Å². The van der Waals surface area contributed by atoms with Crippen LogP contribution in [0.3, 0.4) is 0 Å². The minimum Gasteiger partial charge on any atom is -0.395 e. The van der Waals surface area contributed by atoms with Gasteiger partial charge in [-0.3, -0.25) is 15.3 Å². The molecule has 1 aromatic rings. The van der Waals surface area contributed by atoms with Crippen molar-refractivity contribution in [2.24, 2.45) is 0 Å². The summed E-state index contributed by atoms with van der Waals surface area (Å²) in [7, 11) is 0. The second kappa shape index (κ2) is 5.39. The molecule has 0 radical (unpaired) electrons. The predicted molar refractivity (Wildman–Crippen MR) is 70.0 cm³/mol. The van der Waals surface area contributed by atoms with Crippen molar-refractivity contribution in [1.82, 2.24) is 20.6 Å². The van der Waals surface area contributed by atoms with Crippen LogP contribution in [-0.2, 0) is 0 Å². The predicted octanol–water partition coefficient (Wildman–Crippen LogP) is 1.25. The van der Waals surface area contributed by atoms with Crippen molar-refractivity contribution in [2.45, 2.75) is 39.0 Å². The summed E-state index contributed by atoms with van der Waals surface area (Å²) in [6, 6.07) is 0. The first-order chi connectivity index (χ1) is 8.59. The van der Waals surface area contributed by atoms with E-state index in [0.717, 1.165) is 31.6 Å². The standard InChI is InChI=1S/C12H21N5O/c1-8(2)10-9(13)11(15-14-10)12(18)16-17-6-4-3-5-7-17/h8H,3-7,13H2,1-2H3,(H,14,15)(H,16,18). The lowest BCUT2D eigenvalue weighted by molar-refractivity contribution is 0.0745. The van der Waals surface area contributed by atoms with Gasteiger partial charge < -0.3 is 5.73 Å². The molecule has 0 bridgehead atoms. The first-order valence-electron chi connectivity index (χ1n) is 6.49. The van der Waals surface area contributed by atoms with Gasteiger partial charge in [0, 0.05) is 13.1 Å².